The molecule has 1 aromatic heterocycles. The molecule has 8 heteroatoms. The van der Waals surface area contributed by atoms with Crippen molar-refractivity contribution in [2.24, 2.45) is 5.92 Å². The summed E-state index contributed by atoms with van der Waals surface area (Å²) in [6.07, 6.45) is 3.54. The Hall–Kier alpha value is -4.25. The summed E-state index contributed by atoms with van der Waals surface area (Å²) < 4.78 is 0. The van der Waals surface area contributed by atoms with E-state index in [-0.39, 0.29) is 37.2 Å². The van der Waals surface area contributed by atoms with Gasteiger partial charge in [-0.3, -0.25) is 19.4 Å². The van der Waals surface area contributed by atoms with E-state index in [1.54, 1.807) is 43.7 Å². The topological polar surface area (TPSA) is 106 Å². The van der Waals surface area contributed by atoms with E-state index in [0.29, 0.717) is 16.6 Å². The fraction of sp³-hybridized carbons (Fsp3) is 0.240. The van der Waals surface area contributed by atoms with Gasteiger partial charge in [-0.2, -0.15) is 5.26 Å². The van der Waals surface area contributed by atoms with Gasteiger partial charge in [0.25, 0.3) is 5.91 Å². The number of amides is 3. The first-order chi connectivity index (χ1) is 16.0. The number of nitrogens with one attached hydrogen (secondary N) is 1. The van der Waals surface area contributed by atoms with Crippen molar-refractivity contribution in [3.05, 3.63) is 72.6 Å². The lowest BCUT2D eigenvalue weighted by Gasteiger charge is -2.24. The molecule has 3 aromatic rings. The smallest absolute Gasteiger partial charge is 0.254 e. The fourth-order valence-corrected chi connectivity index (χ4v) is 4.06. The second-order valence-electron chi connectivity index (χ2n) is 8.04. The van der Waals surface area contributed by atoms with Gasteiger partial charge in [-0.1, -0.05) is 30.3 Å². The number of anilines is 1. The van der Waals surface area contributed by atoms with Gasteiger partial charge in [0.15, 0.2) is 0 Å². The van der Waals surface area contributed by atoms with Crippen LogP contribution in [0.1, 0.15) is 16.8 Å². The summed E-state index contributed by atoms with van der Waals surface area (Å²) in [5, 5.41) is 14.0. The summed E-state index contributed by atoms with van der Waals surface area (Å²) in [6.45, 7) is -0.0589. The molecule has 0 spiro atoms. The number of aromatic nitrogens is 1. The third-order valence-corrected chi connectivity index (χ3v) is 5.82. The molecular formula is C25H23N5O3. The molecular weight excluding hydrogens is 418 g/mol. The van der Waals surface area contributed by atoms with Crippen LogP contribution in [0.3, 0.4) is 0 Å². The van der Waals surface area contributed by atoms with E-state index in [1.807, 2.05) is 30.3 Å². The highest BCUT2D eigenvalue weighted by atomic mass is 16.2. The molecule has 3 amide bonds. The average Bonchev–Trinajstić information content (AvgIpc) is 3.29. The second-order valence-corrected chi connectivity index (χ2v) is 8.04. The number of pyridine rings is 1. The third-order valence-electron chi connectivity index (χ3n) is 5.82. The Morgan fingerprint density at radius 3 is 2.70 bits per heavy atom. The zero-order valence-electron chi connectivity index (χ0n) is 18.1. The Bertz CT molecular complexity index is 1230. The van der Waals surface area contributed by atoms with E-state index in [4.69, 9.17) is 0 Å². The lowest BCUT2D eigenvalue weighted by molar-refractivity contribution is -0.131. The van der Waals surface area contributed by atoms with Gasteiger partial charge in [0.05, 0.1) is 18.5 Å². The Kier molecular flexibility index (Phi) is 6.31. The van der Waals surface area contributed by atoms with Crippen LogP contribution in [0.15, 0.2) is 67.0 Å². The SMILES string of the molecule is CN(CC(=O)N1CC(C(=O)Nc2ccccc2)CC1C#N)C(=O)c1cccc2ccncc12. The van der Waals surface area contributed by atoms with Gasteiger partial charge in [0.2, 0.25) is 11.8 Å². The fourth-order valence-electron chi connectivity index (χ4n) is 4.06. The first kappa shape index (κ1) is 22.0. The quantitative estimate of drug-likeness (QED) is 0.655. The summed E-state index contributed by atoms with van der Waals surface area (Å²) in [6, 6.07) is 17.6. The van der Waals surface area contributed by atoms with Gasteiger partial charge >= 0.3 is 0 Å². The van der Waals surface area contributed by atoms with Crippen LogP contribution in [0.25, 0.3) is 10.8 Å². The van der Waals surface area contributed by atoms with Crippen LogP contribution in [-0.4, -0.2) is 58.7 Å². The molecule has 1 aliphatic rings. The molecule has 166 valence electrons. The van der Waals surface area contributed by atoms with Gasteiger partial charge in [0, 0.05) is 42.6 Å². The highest BCUT2D eigenvalue weighted by Crippen LogP contribution is 2.25. The van der Waals surface area contributed by atoms with Crippen molar-refractivity contribution in [1.29, 1.82) is 5.26 Å². The number of para-hydroxylation sites is 1. The number of fused-ring (bicyclic) bond motifs is 1. The number of carbonyl (C=O) groups excluding carboxylic acids is 3. The van der Waals surface area contributed by atoms with Crippen molar-refractivity contribution in [3.8, 4) is 6.07 Å². The molecule has 1 N–H and O–H groups in total. The number of nitrogens with zero attached hydrogens (tertiary/aromatic N) is 4. The molecule has 1 aliphatic heterocycles. The highest BCUT2D eigenvalue weighted by Gasteiger charge is 2.39. The molecule has 33 heavy (non-hydrogen) atoms. The number of likely N-dealkylation sites (N-methyl/N-ethyl adjacent to an activating group) is 1. The monoisotopic (exact) mass is 441 g/mol. The largest absolute Gasteiger partial charge is 0.332 e. The van der Waals surface area contributed by atoms with Crippen molar-refractivity contribution in [1.82, 2.24) is 14.8 Å². The van der Waals surface area contributed by atoms with Crippen LogP contribution in [0, 0.1) is 17.2 Å². The molecule has 2 heterocycles. The predicted molar refractivity (Wildman–Crippen MR) is 123 cm³/mol. The summed E-state index contributed by atoms with van der Waals surface area (Å²) >= 11 is 0. The minimum atomic E-state index is -0.714. The van der Waals surface area contributed by atoms with Crippen LogP contribution >= 0.6 is 0 Å². The minimum Gasteiger partial charge on any atom is -0.332 e. The molecule has 4 rings (SSSR count). The Labute approximate surface area is 191 Å². The maximum Gasteiger partial charge on any atom is 0.254 e. The van der Waals surface area contributed by atoms with Gasteiger partial charge in [0.1, 0.15) is 6.04 Å². The van der Waals surface area contributed by atoms with Gasteiger partial charge in [-0.05, 0) is 36.1 Å². The number of nitriles is 1. The molecule has 2 aromatic carbocycles. The number of hydrogen-bond acceptors (Lipinski definition) is 5. The molecule has 2 atom stereocenters. The van der Waals surface area contributed by atoms with Crippen LogP contribution < -0.4 is 5.32 Å². The molecule has 0 radical (unpaired) electrons. The molecule has 8 nitrogen and oxygen atoms in total. The Morgan fingerprint density at radius 1 is 1.15 bits per heavy atom. The van der Waals surface area contributed by atoms with Gasteiger partial charge in [-0.15, -0.1) is 0 Å². The first-order valence-corrected chi connectivity index (χ1v) is 10.6. The Balaban J connectivity index is 1.43. The first-order valence-electron chi connectivity index (χ1n) is 10.6. The lowest BCUT2D eigenvalue weighted by Crippen LogP contribution is -2.43. The van der Waals surface area contributed by atoms with E-state index in [0.717, 1.165) is 5.39 Å². The van der Waals surface area contributed by atoms with E-state index in [1.165, 1.54) is 9.80 Å². The van der Waals surface area contributed by atoms with Crippen LogP contribution in [0.5, 0.6) is 0 Å². The molecule has 0 aliphatic carbocycles. The van der Waals surface area contributed by atoms with E-state index >= 15 is 0 Å². The van der Waals surface area contributed by atoms with E-state index in [2.05, 4.69) is 16.4 Å². The molecule has 2 unspecified atom stereocenters. The van der Waals surface area contributed by atoms with Crippen LogP contribution in [-0.2, 0) is 9.59 Å². The van der Waals surface area contributed by atoms with Crippen molar-refractivity contribution >= 4 is 34.2 Å². The van der Waals surface area contributed by atoms with E-state index in [9.17, 15) is 19.6 Å². The van der Waals surface area contributed by atoms with Crippen LogP contribution in [0.2, 0.25) is 0 Å². The third kappa shape index (κ3) is 4.67. The number of carbonyl (C=O) groups is 3. The second kappa shape index (κ2) is 9.49. The maximum absolute atomic E-state index is 13.0. The van der Waals surface area contributed by atoms with Crippen molar-refractivity contribution < 1.29 is 14.4 Å². The van der Waals surface area contributed by atoms with Gasteiger partial charge in [-0.25, -0.2) is 0 Å². The van der Waals surface area contributed by atoms with Crippen LogP contribution in [0.4, 0.5) is 5.69 Å². The Morgan fingerprint density at radius 2 is 1.94 bits per heavy atom. The van der Waals surface area contributed by atoms with E-state index < -0.39 is 12.0 Å². The average molecular weight is 441 g/mol. The lowest BCUT2D eigenvalue weighted by atomic mass is 10.1. The molecule has 0 saturated carbocycles. The van der Waals surface area contributed by atoms with Crippen molar-refractivity contribution in [2.75, 3.05) is 25.5 Å². The van der Waals surface area contributed by atoms with Crippen molar-refractivity contribution in [3.63, 3.8) is 0 Å². The zero-order valence-corrected chi connectivity index (χ0v) is 18.1. The standard InChI is InChI=1S/C25H23N5O3/c1-29(25(33)21-9-5-6-17-10-11-27-14-22(17)21)16-23(31)30-15-18(12-20(30)13-26)24(32)28-19-7-3-2-4-8-19/h2-11,14,18,20H,12,15-16H2,1H3,(H,28,32). The number of benzene rings is 2. The summed E-state index contributed by atoms with van der Waals surface area (Å²) in [5.41, 5.74) is 1.12. The number of likely N-dealkylation sites (tertiary alicyclic amines) is 1. The zero-order chi connectivity index (χ0) is 23.4. The molecule has 1 fully saturated rings. The normalized spacial score (nSPS) is 17.4. The summed E-state index contributed by atoms with van der Waals surface area (Å²) in [5.74, 6) is -1.41. The minimum absolute atomic E-state index is 0.135. The maximum atomic E-state index is 13.0. The van der Waals surface area contributed by atoms with Crippen molar-refractivity contribution in [2.45, 2.75) is 12.5 Å². The summed E-state index contributed by atoms with van der Waals surface area (Å²) in [4.78, 5) is 45.5. The highest BCUT2D eigenvalue weighted by molar-refractivity contribution is 6.07. The predicted octanol–water partition coefficient (Wildman–Crippen LogP) is 2.69. The molecule has 1 saturated heterocycles. The van der Waals surface area contributed by atoms with Gasteiger partial charge < -0.3 is 15.1 Å². The summed E-state index contributed by atoms with van der Waals surface area (Å²) in [7, 11) is 1.55. The molecule has 0 bridgehead atoms. The number of hydrogen-bond donors (Lipinski definition) is 1. The number of rotatable bonds is 5.